The maximum absolute atomic E-state index is 11.5. The molecule has 0 rings (SSSR count). The number of aliphatic carboxylic acids is 1. The van der Waals surface area contributed by atoms with Crippen LogP contribution in [-0.2, 0) is 9.59 Å². The van der Waals surface area contributed by atoms with Crippen LogP contribution in [0.4, 0.5) is 0 Å². The third-order valence-corrected chi connectivity index (χ3v) is 1.90. The van der Waals surface area contributed by atoms with Gasteiger partial charge < -0.3 is 16.2 Å². The fourth-order valence-electron chi connectivity index (χ4n) is 1.04. The predicted molar refractivity (Wildman–Crippen MR) is 57.3 cm³/mol. The van der Waals surface area contributed by atoms with Crippen molar-refractivity contribution in [1.29, 1.82) is 0 Å². The molecule has 4 N–H and O–H groups in total. The lowest BCUT2D eigenvalue weighted by Crippen LogP contribution is -2.54. The van der Waals surface area contributed by atoms with Crippen molar-refractivity contribution in [1.82, 2.24) is 5.32 Å². The molecule has 5 nitrogen and oxygen atoms in total. The van der Waals surface area contributed by atoms with Crippen LogP contribution in [0.1, 0.15) is 34.1 Å². The van der Waals surface area contributed by atoms with E-state index >= 15 is 0 Å². The molecule has 0 saturated carbocycles. The number of hydrogen-bond donors (Lipinski definition) is 3. The van der Waals surface area contributed by atoms with Gasteiger partial charge in [-0.3, -0.25) is 4.79 Å². The molecule has 0 aliphatic rings. The second-order valence-corrected chi connectivity index (χ2v) is 4.72. The number of carboxylic acids is 1. The van der Waals surface area contributed by atoms with E-state index in [1.54, 1.807) is 0 Å². The normalized spacial score (nSPS) is 13.7. The monoisotopic (exact) mass is 216 g/mol. The Labute approximate surface area is 90.0 Å². The molecule has 0 spiro atoms. The van der Waals surface area contributed by atoms with Crippen LogP contribution in [0.5, 0.6) is 0 Å². The van der Waals surface area contributed by atoms with Gasteiger partial charge in [-0.25, -0.2) is 4.79 Å². The first-order valence-electron chi connectivity index (χ1n) is 4.97. The molecule has 0 aromatic rings. The number of amides is 1. The second kappa shape index (κ2) is 5.11. The quantitative estimate of drug-likeness (QED) is 0.618. The average Bonchev–Trinajstić information content (AvgIpc) is 1.99. The van der Waals surface area contributed by atoms with Gasteiger partial charge >= 0.3 is 5.97 Å². The molecule has 0 radical (unpaired) electrons. The van der Waals surface area contributed by atoms with Gasteiger partial charge in [0.25, 0.3) is 0 Å². The fourth-order valence-corrected chi connectivity index (χ4v) is 1.04. The van der Waals surface area contributed by atoms with E-state index in [0.29, 0.717) is 6.42 Å². The third kappa shape index (κ3) is 5.37. The first kappa shape index (κ1) is 13.9. The molecule has 88 valence electrons. The van der Waals surface area contributed by atoms with Gasteiger partial charge in [0, 0.05) is 0 Å². The molecule has 0 saturated heterocycles. The number of carbonyl (C=O) groups is 2. The molecule has 0 aliphatic heterocycles. The molecule has 0 heterocycles. The van der Waals surface area contributed by atoms with Gasteiger partial charge in [0.1, 0.15) is 6.04 Å². The Bertz CT molecular complexity index is 244. The third-order valence-electron chi connectivity index (χ3n) is 1.90. The van der Waals surface area contributed by atoms with Crippen molar-refractivity contribution >= 4 is 11.9 Å². The summed E-state index contributed by atoms with van der Waals surface area (Å²) in [6.07, 6.45) is 0.400. The first-order chi connectivity index (χ1) is 6.64. The molecule has 0 fully saturated rings. The summed E-state index contributed by atoms with van der Waals surface area (Å²) >= 11 is 0. The predicted octanol–water partition coefficient (Wildman–Crippen LogP) is 0.339. The summed E-state index contributed by atoms with van der Waals surface area (Å²) in [5.41, 5.74) is 4.50. The van der Waals surface area contributed by atoms with E-state index in [9.17, 15) is 9.59 Å². The van der Waals surface area contributed by atoms with Crippen LogP contribution < -0.4 is 11.1 Å². The SMILES string of the molecule is CC(C)CC(NC(=O)C(C)(C)N)C(=O)O. The Morgan fingerprint density at radius 3 is 2.13 bits per heavy atom. The Kier molecular flexibility index (Phi) is 4.74. The molecular formula is C10H20N2O3. The highest BCUT2D eigenvalue weighted by atomic mass is 16.4. The highest BCUT2D eigenvalue weighted by molar-refractivity contribution is 5.89. The maximum Gasteiger partial charge on any atom is 0.326 e. The lowest BCUT2D eigenvalue weighted by atomic mass is 10.0. The molecule has 0 aromatic carbocycles. The Morgan fingerprint density at radius 2 is 1.87 bits per heavy atom. The molecule has 0 aromatic heterocycles. The number of nitrogens with one attached hydrogen (secondary N) is 1. The summed E-state index contributed by atoms with van der Waals surface area (Å²) in [6.45, 7) is 6.87. The van der Waals surface area contributed by atoms with Crippen LogP contribution in [0, 0.1) is 5.92 Å². The van der Waals surface area contributed by atoms with E-state index in [4.69, 9.17) is 10.8 Å². The molecule has 0 bridgehead atoms. The Morgan fingerprint density at radius 1 is 1.40 bits per heavy atom. The minimum absolute atomic E-state index is 0.201. The summed E-state index contributed by atoms with van der Waals surface area (Å²) in [7, 11) is 0. The fraction of sp³-hybridized carbons (Fsp3) is 0.800. The van der Waals surface area contributed by atoms with E-state index in [0.717, 1.165) is 0 Å². The van der Waals surface area contributed by atoms with Gasteiger partial charge in [-0.1, -0.05) is 13.8 Å². The number of carboxylic acid groups (broad SMARTS) is 1. The highest BCUT2D eigenvalue weighted by Gasteiger charge is 2.27. The molecule has 5 heteroatoms. The zero-order chi connectivity index (χ0) is 12.2. The minimum atomic E-state index is -1.05. The average molecular weight is 216 g/mol. The van der Waals surface area contributed by atoms with Crippen molar-refractivity contribution in [3.05, 3.63) is 0 Å². The van der Waals surface area contributed by atoms with E-state index in [1.807, 2.05) is 13.8 Å². The van der Waals surface area contributed by atoms with Crippen LogP contribution in [0.3, 0.4) is 0 Å². The van der Waals surface area contributed by atoms with E-state index in [1.165, 1.54) is 13.8 Å². The largest absolute Gasteiger partial charge is 0.480 e. The zero-order valence-corrected chi connectivity index (χ0v) is 9.70. The van der Waals surface area contributed by atoms with Crippen molar-refractivity contribution in [2.75, 3.05) is 0 Å². The van der Waals surface area contributed by atoms with E-state index < -0.39 is 23.5 Å². The minimum Gasteiger partial charge on any atom is -0.480 e. The summed E-state index contributed by atoms with van der Waals surface area (Å²) in [4.78, 5) is 22.3. The van der Waals surface area contributed by atoms with Crippen LogP contribution in [-0.4, -0.2) is 28.6 Å². The highest BCUT2D eigenvalue weighted by Crippen LogP contribution is 2.06. The summed E-state index contributed by atoms with van der Waals surface area (Å²) in [5, 5.41) is 11.3. The maximum atomic E-state index is 11.5. The standard InChI is InChI=1S/C10H20N2O3/c1-6(2)5-7(8(13)14)12-9(15)10(3,4)11/h6-7H,5,11H2,1-4H3,(H,12,15)(H,13,14). The van der Waals surface area contributed by atoms with Gasteiger partial charge in [0.05, 0.1) is 5.54 Å². The van der Waals surface area contributed by atoms with Crippen LogP contribution in [0.2, 0.25) is 0 Å². The number of hydrogen-bond acceptors (Lipinski definition) is 3. The number of nitrogens with two attached hydrogens (primary N) is 1. The lowest BCUT2D eigenvalue weighted by molar-refractivity contribution is -0.143. The molecule has 0 aliphatic carbocycles. The van der Waals surface area contributed by atoms with Crippen molar-refractivity contribution in [3.63, 3.8) is 0 Å². The molecule has 1 amide bonds. The number of rotatable bonds is 5. The van der Waals surface area contributed by atoms with Crippen molar-refractivity contribution in [2.24, 2.45) is 11.7 Å². The smallest absolute Gasteiger partial charge is 0.326 e. The van der Waals surface area contributed by atoms with Crippen molar-refractivity contribution in [3.8, 4) is 0 Å². The number of carbonyl (C=O) groups excluding carboxylic acids is 1. The van der Waals surface area contributed by atoms with Gasteiger partial charge in [-0.05, 0) is 26.2 Å². The molecular weight excluding hydrogens is 196 g/mol. The van der Waals surface area contributed by atoms with Crippen molar-refractivity contribution in [2.45, 2.75) is 45.7 Å². The van der Waals surface area contributed by atoms with Crippen LogP contribution in [0.15, 0.2) is 0 Å². The van der Waals surface area contributed by atoms with Gasteiger partial charge in [0.15, 0.2) is 0 Å². The Hall–Kier alpha value is -1.10. The lowest BCUT2D eigenvalue weighted by Gasteiger charge is -2.22. The van der Waals surface area contributed by atoms with Crippen LogP contribution >= 0.6 is 0 Å². The van der Waals surface area contributed by atoms with E-state index in [-0.39, 0.29) is 5.92 Å². The molecule has 1 atom stereocenters. The van der Waals surface area contributed by atoms with Gasteiger partial charge in [0.2, 0.25) is 5.91 Å². The molecule has 1 unspecified atom stereocenters. The van der Waals surface area contributed by atoms with Gasteiger partial charge in [-0.15, -0.1) is 0 Å². The van der Waals surface area contributed by atoms with E-state index in [2.05, 4.69) is 5.32 Å². The first-order valence-corrected chi connectivity index (χ1v) is 4.97. The summed E-state index contributed by atoms with van der Waals surface area (Å²) in [6, 6.07) is -0.861. The second-order valence-electron chi connectivity index (χ2n) is 4.72. The van der Waals surface area contributed by atoms with Crippen LogP contribution in [0.25, 0.3) is 0 Å². The zero-order valence-electron chi connectivity index (χ0n) is 9.70. The molecule has 15 heavy (non-hydrogen) atoms. The summed E-state index contributed by atoms with van der Waals surface area (Å²) < 4.78 is 0. The Balaban J connectivity index is 4.43. The van der Waals surface area contributed by atoms with Gasteiger partial charge in [-0.2, -0.15) is 0 Å². The topological polar surface area (TPSA) is 92.4 Å². The van der Waals surface area contributed by atoms with Crippen molar-refractivity contribution < 1.29 is 14.7 Å². The summed E-state index contributed by atoms with van der Waals surface area (Å²) in [5.74, 6) is -1.27.